The van der Waals surface area contributed by atoms with E-state index in [9.17, 15) is 9.90 Å². The number of carboxylic acids is 1. The van der Waals surface area contributed by atoms with Crippen molar-refractivity contribution in [3.8, 4) is 17.0 Å². The number of phenols is 1. The third kappa shape index (κ3) is 1.68. The second kappa shape index (κ2) is 3.58. The summed E-state index contributed by atoms with van der Waals surface area (Å²) in [6.07, 6.45) is 0. The van der Waals surface area contributed by atoms with Crippen molar-refractivity contribution in [2.24, 2.45) is 0 Å². The first-order valence-electron chi connectivity index (χ1n) is 4.37. The lowest BCUT2D eigenvalue weighted by molar-refractivity contribution is 0.0665. The summed E-state index contributed by atoms with van der Waals surface area (Å²) in [6, 6.07) is 5.79. The SMILES string of the molecule is Nc1nc(-c2cccc(O)c2)c(C(=O)O)o1. The molecule has 6 heteroatoms. The molecule has 0 unspecified atom stereocenters. The fourth-order valence-electron chi connectivity index (χ4n) is 1.33. The molecule has 82 valence electrons. The Morgan fingerprint density at radius 2 is 2.19 bits per heavy atom. The van der Waals surface area contributed by atoms with Crippen LogP contribution in [0.15, 0.2) is 28.7 Å². The Morgan fingerprint density at radius 1 is 1.44 bits per heavy atom. The lowest BCUT2D eigenvalue weighted by Gasteiger charge is -1.98. The van der Waals surface area contributed by atoms with Crippen LogP contribution in [0.2, 0.25) is 0 Å². The van der Waals surface area contributed by atoms with Crippen LogP contribution in [0.4, 0.5) is 6.01 Å². The first kappa shape index (κ1) is 10.0. The highest BCUT2D eigenvalue weighted by molar-refractivity contribution is 5.92. The number of nitrogens with zero attached hydrogens (tertiary/aromatic N) is 1. The first-order chi connectivity index (χ1) is 7.58. The van der Waals surface area contributed by atoms with E-state index in [1.807, 2.05) is 0 Å². The molecule has 1 aromatic heterocycles. The molecular weight excluding hydrogens is 212 g/mol. The number of anilines is 1. The molecule has 1 heterocycles. The zero-order chi connectivity index (χ0) is 11.7. The van der Waals surface area contributed by atoms with Crippen LogP contribution in [0.5, 0.6) is 5.75 Å². The van der Waals surface area contributed by atoms with Gasteiger partial charge in [-0.2, -0.15) is 4.98 Å². The molecule has 0 bridgehead atoms. The number of oxazole rings is 1. The molecular formula is C10H8N2O4. The van der Waals surface area contributed by atoms with Crippen LogP contribution in [-0.4, -0.2) is 21.2 Å². The molecule has 0 saturated heterocycles. The molecule has 1 aromatic carbocycles. The van der Waals surface area contributed by atoms with E-state index in [0.717, 1.165) is 0 Å². The van der Waals surface area contributed by atoms with Gasteiger partial charge in [0.2, 0.25) is 5.76 Å². The van der Waals surface area contributed by atoms with E-state index in [1.54, 1.807) is 12.1 Å². The number of hydrogen-bond acceptors (Lipinski definition) is 5. The highest BCUT2D eigenvalue weighted by atomic mass is 16.4. The van der Waals surface area contributed by atoms with E-state index in [2.05, 4.69) is 4.98 Å². The van der Waals surface area contributed by atoms with Gasteiger partial charge in [0.1, 0.15) is 11.4 Å². The van der Waals surface area contributed by atoms with Gasteiger partial charge in [-0.3, -0.25) is 0 Å². The van der Waals surface area contributed by atoms with Crippen molar-refractivity contribution < 1.29 is 19.4 Å². The van der Waals surface area contributed by atoms with E-state index < -0.39 is 5.97 Å². The molecule has 0 atom stereocenters. The normalized spacial score (nSPS) is 10.2. The van der Waals surface area contributed by atoms with Gasteiger partial charge in [0.25, 0.3) is 6.01 Å². The number of benzene rings is 1. The number of nitrogens with two attached hydrogens (primary N) is 1. The average Bonchev–Trinajstić information content (AvgIpc) is 2.60. The predicted molar refractivity (Wildman–Crippen MR) is 55.0 cm³/mol. The Labute approximate surface area is 90.0 Å². The number of carboxylic acid groups (broad SMARTS) is 1. The summed E-state index contributed by atoms with van der Waals surface area (Å²) in [5, 5.41) is 18.1. The molecule has 0 aliphatic rings. The Hall–Kier alpha value is -2.50. The van der Waals surface area contributed by atoms with E-state index in [0.29, 0.717) is 5.56 Å². The van der Waals surface area contributed by atoms with Gasteiger partial charge < -0.3 is 20.4 Å². The molecule has 0 aliphatic carbocycles. The second-order valence-electron chi connectivity index (χ2n) is 3.09. The maximum Gasteiger partial charge on any atom is 0.374 e. The van der Waals surface area contributed by atoms with Crippen LogP contribution >= 0.6 is 0 Å². The van der Waals surface area contributed by atoms with Gasteiger partial charge in [0.15, 0.2) is 0 Å². The average molecular weight is 220 g/mol. The maximum atomic E-state index is 10.8. The number of aromatic hydroxyl groups is 1. The minimum atomic E-state index is -1.26. The van der Waals surface area contributed by atoms with Crippen LogP contribution in [0.1, 0.15) is 10.6 Å². The number of aromatic carboxylic acids is 1. The molecule has 0 aliphatic heterocycles. The molecule has 0 saturated carbocycles. The van der Waals surface area contributed by atoms with E-state index >= 15 is 0 Å². The number of nitrogen functional groups attached to an aromatic ring is 1. The van der Waals surface area contributed by atoms with Crippen LogP contribution < -0.4 is 5.73 Å². The summed E-state index contributed by atoms with van der Waals surface area (Å²) in [5.74, 6) is -1.60. The Bertz CT molecular complexity index is 548. The summed E-state index contributed by atoms with van der Waals surface area (Å²) in [6.45, 7) is 0. The van der Waals surface area contributed by atoms with E-state index in [1.165, 1.54) is 12.1 Å². The van der Waals surface area contributed by atoms with Gasteiger partial charge >= 0.3 is 5.97 Å². The standard InChI is InChI=1S/C10H8N2O4/c11-10-12-7(8(16-10)9(14)15)5-2-1-3-6(13)4-5/h1-4,13H,(H2,11,12)(H,14,15). The van der Waals surface area contributed by atoms with Crippen molar-refractivity contribution in [3.63, 3.8) is 0 Å². The van der Waals surface area contributed by atoms with Gasteiger partial charge in [-0.15, -0.1) is 0 Å². The van der Waals surface area contributed by atoms with Gasteiger partial charge in [0.05, 0.1) is 0 Å². The highest BCUT2D eigenvalue weighted by Crippen LogP contribution is 2.27. The van der Waals surface area contributed by atoms with Crippen molar-refractivity contribution in [2.45, 2.75) is 0 Å². The molecule has 2 aromatic rings. The van der Waals surface area contributed by atoms with Crippen LogP contribution in [0, 0.1) is 0 Å². The molecule has 2 rings (SSSR count). The van der Waals surface area contributed by atoms with Gasteiger partial charge in [-0.25, -0.2) is 4.79 Å². The number of hydrogen-bond donors (Lipinski definition) is 3. The van der Waals surface area contributed by atoms with Crippen molar-refractivity contribution in [3.05, 3.63) is 30.0 Å². The number of aromatic nitrogens is 1. The van der Waals surface area contributed by atoms with Gasteiger partial charge in [0, 0.05) is 5.56 Å². The van der Waals surface area contributed by atoms with Crippen LogP contribution in [-0.2, 0) is 0 Å². The fraction of sp³-hybridized carbons (Fsp3) is 0. The zero-order valence-corrected chi connectivity index (χ0v) is 8.04. The predicted octanol–water partition coefficient (Wildman–Crippen LogP) is 1.33. The fourth-order valence-corrected chi connectivity index (χ4v) is 1.33. The van der Waals surface area contributed by atoms with Crippen molar-refractivity contribution >= 4 is 12.0 Å². The minimum absolute atomic E-state index is 0.00964. The lowest BCUT2D eigenvalue weighted by atomic mass is 10.1. The van der Waals surface area contributed by atoms with Crippen molar-refractivity contribution in [1.82, 2.24) is 4.98 Å². The Morgan fingerprint density at radius 3 is 2.81 bits per heavy atom. The Balaban J connectivity index is 2.59. The van der Waals surface area contributed by atoms with Crippen LogP contribution in [0.25, 0.3) is 11.3 Å². The summed E-state index contributed by atoms with van der Waals surface area (Å²) in [4.78, 5) is 14.6. The van der Waals surface area contributed by atoms with E-state index in [-0.39, 0.29) is 23.2 Å². The molecule has 4 N–H and O–H groups in total. The van der Waals surface area contributed by atoms with Crippen LogP contribution in [0.3, 0.4) is 0 Å². The minimum Gasteiger partial charge on any atom is -0.508 e. The molecule has 6 nitrogen and oxygen atoms in total. The first-order valence-corrected chi connectivity index (χ1v) is 4.37. The zero-order valence-electron chi connectivity index (χ0n) is 8.04. The quantitative estimate of drug-likeness (QED) is 0.704. The molecule has 0 amide bonds. The third-order valence-electron chi connectivity index (χ3n) is 1.96. The number of phenolic OH excluding ortho intramolecular Hbond substituents is 1. The monoisotopic (exact) mass is 220 g/mol. The summed E-state index contributed by atoms with van der Waals surface area (Å²) >= 11 is 0. The maximum absolute atomic E-state index is 10.8. The second-order valence-corrected chi connectivity index (χ2v) is 3.09. The number of rotatable bonds is 2. The molecule has 0 radical (unpaired) electrons. The largest absolute Gasteiger partial charge is 0.508 e. The highest BCUT2D eigenvalue weighted by Gasteiger charge is 2.19. The van der Waals surface area contributed by atoms with Crippen molar-refractivity contribution in [1.29, 1.82) is 0 Å². The summed E-state index contributed by atoms with van der Waals surface area (Å²) in [5.41, 5.74) is 5.82. The Kier molecular flexibility index (Phi) is 2.24. The molecule has 16 heavy (non-hydrogen) atoms. The smallest absolute Gasteiger partial charge is 0.374 e. The van der Waals surface area contributed by atoms with E-state index in [4.69, 9.17) is 15.3 Å². The summed E-state index contributed by atoms with van der Waals surface area (Å²) < 4.78 is 4.76. The molecule has 0 spiro atoms. The third-order valence-corrected chi connectivity index (χ3v) is 1.96. The topological polar surface area (TPSA) is 110 Å². The van der Waals surface area contributed by atoms with Crippen molar-refractivity contribution in [2.75, 3.05) is 5.73 Å². The lowest BCUT2D eigenvalue weighted by Crippen LogP contribution is -1.96. The molecule has 0 fully saturated rings. The number of carbonyl (C=O) groups is 1. The van der Waals surface area contributed by atoms with Gasteiger partial charge in [-0.05, 0) is 12.1 Å². The van der Waals surface area contributed by atoms with Gasteiger partial charge in [-0.1, -0.05) is 12.1 Å². The summed E-state index contributed by atoms with van der Waals surface area (Å²) in [7, 11) is 0.